The molecular formula is C16H27N3O. The largest absolute Gasteiger partial charge is 0.381 e. The Kier molecular flexibility index (Phi) is 5.80. The van der Waals surface area contributed by atoms with E-state index >= 15 is 0 Å². The Labute approximate surface area is 122 Å². The van der Waals surface area contributed by atoms with Crippen molar-refractivity contribution in [3.8, 4) is 0 Å². The highest BCUT2D eigenvalue weighted by molar-refractivity contribution is 5.43. The van der Waals surface area contributed by atoms with Gasteiger partial charge in [0.25, 0.3) is 0 Å². The summed E-state index contributed by atoms with van der Waals surface area (Å²) in [7, 11) is 2.16. The van der Waals surface area contributed by atoms with Gasteiger partial charge < -0.3 is 15.0 Å². The molecule has 1 aliphatic heterocycles. The van der Waals surface area contributed by atoms with Crippen LogP contribution in [0.2, 0.25) is 0 Å². The molecule has 1 aromatic rings. The summed E-state index contributed by atoms with van der Waals surface area (Å²) in [6.07, 6.45) is 3.17. The molecule has 2 rings (SSSR count). The summed E-state index contributed by atoms with van der Waals surface area (Å²) in [5.74, 6) is 1.10. The lowest BCUT2D eigenvalue weighted by atomic mass is 10.1. The van der Waals surface area contributed by atoms with E-state index in [0.29, 0.717) is 6.04 Å². The van der Waals surface area contributed by atoms with E-state index in [-0.39, 0.29) is 0 Å². The van der Waals surface area contributed by atoms with Gasteiger partial charge in [0.05, 0.1) is 0 Å². The monoisotopic (exact) mass is 277 g/mol. The number of nitrogens with zero attached hydrogens (tertiary/aromatic N) is 2. The molecule has 1 aliphatic rings. The number of aryl methyl sites for hydroxylation is 1. The first-order valence-corrected chi connectivity index (χ1v) is 7.75. The van der Waals surface area contributed by atoms with Crippen LogP contribution in [0.4, 0.5) is 5.82 Å². The van der Waals surface area contributed by atoms with Gasteiger partial charge in [0.2, 0.25) is 0 Å². The molecule has 0 bridgehead atoms. The Morgan fingerprint density at radius 3 is 2.70 bits per heavy atom. The van der Waals surface area contributed by atoms with Crippen molar-refractivity contribution < 1.29 is 4.74 Å². The molecule has 0 aromatic carbocycles. The molecule has 0 saturated carbocycles. The van der Waals surface area contributed by atoms with Crippen LogP contribution in [0, 0.1) is 0 Å². The third-order valence-corrected chi connectivity index (χ3v) is 3.97. The third-order valence-electron chi connectivity index (χ3n) is 3.97. The minimum absolute atomic E-state index is 0.551. The lowest BCUT2D eigenvalue weighted by Crippen LogP contribution is -2.37. The molecule has 0 radical (unpaired) electrons. The van der Waals surface area contributed by atoms with E-state index in [0.717, 1.165) is 51.4 Å². The fourth-order valence-corrected chi connectivity index (χ4v) is 2.63. The maximum Gasteiger partial charge on any atom is 0.129 e. The molecule has 2 heterocycles. The van der Waals surface area contributed by atoms with E-state index in [9.17, 15) is 0 Å². The van der Waals surface area contributed by atoms with Crippen molar-refractivity contribution >= 4 is 5.82 Å². The highest BCUT2D eigenvalue weighted by Crippen LogP contribution is 2.21. The fourth-order valence-electron chi connectivity index (χ4n) is 2.63. The van der Waals surface area contributed by atoms with Crippen LogP contribution < -0.4 is 10.2 Å². The average Bonchev–Trinajstić information content (AvgIpc) is 2.52. The van der Waals surface area contributed by atoms with Crippen molar-refractivity contribution in [2.75, 3.05) is 31.7 Å². The van der Waals surface area contributed by atoms with Gasteiger partial charge in [-0.3, -0.25) is 0 Å². The highest BCUT2D eigenvalue weighted by Gasteiger charge is 2.20. The second kappa shape index (κ2) is 7.60. The number of nitrogens with one attached hydrogen (secondary N) is 1. The van der Waals surface area contributed by atoms with Crippen LogP contribution in [0.1, 0.15) is 37.9 Å². The summed E-state index contributed by atoms with van der Waals surface area (Å²) < 4.78 is 5.45. The smallest absolute Gasteiger partial charge is 0.129 e. The molecule has 1 saturated heterocycles. The molecule has 0 amide bonds. The molecule has 1 aromatic heterocycles. The first kappa shape index (κ1) is 15.3. The van der Waals surface area contributed by atoms with E-state index in [1.165, 1.54) is 11.3 Å². The summed E-state index contributed by atoms with van der Waals surface area (Å²) in [4.78, 5) is 7.12. The molecule has 1 N–H and O–H groups in total. The van der Waals surface area contributed by atoms with E-state index in [1.807, 2.05) is 0 Å². The average molecular weight is 277 g/mol. The van der Waals surface area contributed by atoms with Crippen LogP contribution in [0.5, 0.6) is 0 Å². The van der Waals surface area contributed by atoms with Crippen molar-refractivity contribution in [1.29, 1.82) is 0 Å². The van der Waals surface area contributed by atoms with Gasteiger partial charge in [0, 0.05) is 38.5 Å². The Balaban J connectivity index is 2.15. The highest BCUT2D eigenvalue weighted by atomic mass is 16.5. The Hall–Kier alpha value is -1.13. The van der Waals surface area contributed by atoms with Crippen LogP contribution in [0.3, 0.4) is 0 Å². The lowest BCUT2D eigenvalue weighted by Gasteiger charge is -2.32. The summed E-state index contributed by atoms with van der Waals surface area (Å²) >= 11 is 0. The minimum Gasteiger partial charge on any atom is -0.381 e. The number of pyridine rings is 1. The van der Waals surface area contributed by atoms with E-state index < -0.39 is 0 Å². The minimum atomic E-state index is 0.551. The van der Waals surface area contributed by atoms with Crippen molar-refractivity contribution in [3.05, 3.63) is 23.4 Å². The number of anilines is 1. The molecular weight excluding hydrogens is 250 g/mol. The second-order valence-corrected chi connectivity index (χ2v) is 5.41. The van der Waals surface area contributed by atoms with Crippen molar-refractivity contribution in [2.45, 2.75) is 45.7 Å². The second-order valence-electron chi connectivity index (χ2n) is 5.41. The zero-order chi connectivity index (χ0) is 14.4. The normalized spacial score (nSPS) is 16.4. The van der Waals surface area contributed by atoms with Gasteiger partial charge in [0.15, 0.2) is 0 Å². The van der Waals surface area contributed by atoms with Crippen LogP contribution >= 0.6 is 0 Å². The summed E-state index contributed by atoms with van der Waals surface area (Å²) in [5.41, 5.74) is 2.50. The Bertz CT molecular complexity index is 416. The van der Waals surface area contributed by atoms with Crippen LogP contribution in [0.15, 0.2) is 12.1 Å². The summed E-state index contributed by atoms with van der Waals surface area (Å²) in [5, 5.41) is 3.40. The molecule has 112 valence electrons. The zero-order valence-corrected chi connectivity index (χ0v) is 13.0. The number of ether oxygens (including phenoxy) is 1. The molecule has 1 fully saturated rings. The van der Waals surface area contributed by atoms with E-state index in [2.05, 4.69) is 43.2 Å². The number of hydrogen-bond acceptors (Lipinski definition) is 4. The van der Waals surface area contributed by atoms with Gasteiger partial charge in [-0.2, -0.15) is 0 Å². The Morgan fingerprint density at radius 2 is 2.05 bits per heavy atom. The topological polar surface area (TPSA) is 37.4 Å². The van der Waals surface area contributed by atoms with Crippen LogP contribution in [-0.2, 0) is 17.7 Å². The SMILES string of the molecule is CCNCc1cc(CC)nc(N(C)C2CCOCC2)c1. The maximum absolute atomic E-state index is 5.45. The number of aromatic nitrogens is 1. The van der Waals surface area contributed by atoms with Crippen molar-refractivity contribution in [2.24, 2.45) is 0 Å². The predicted octanol–water partition coefficient (Wildman–Crippen LogP) is 2.37. The predicted molar refractivity (Wildman–Crippen MR) is 83.2 cm³/mol. The molecule has 0 unspecified atom stereocenters. The molecule has 0 aliphatic carbocycles. The van der Waals surface area contributed by atoms with Crippen LogP contribution in [-0.4, -0.2) is 37.8 Å². The molecule has 20 heavy (non-hydrogen) atoms. The van der Waals surface area contributed by atoms with Crippen molar-refractivity contribution in [3.63, 3.8) is 0 Å². The summed E-state index contributed by atoms with van der Waals surface area (Å²) in [6.45, 7) is 7.95. The van der Waals surface area contributed by atoms with Gasteiger partial charge >= 0.3 is 0 Å². The molecule has 0 atom stereocenters. The van der Waals surface area contributed by atoms with Gasteiger partial charge in [-0.1, -0.05) is 13.8 Å². The zero-order valence-electron chi connectivity index (χ0n) is 13.0. The Morgan fingerprint density at radius 1 is 1.30 bits per heavy atom. The van der Waals surface area contributed by atoms with Gasteiger partial charge in [-0.05, 0) is 43.5 Å². The molecule has 4 nitrogen and oxygen atoms in total. The number of rotatable bonds is 6. The van der Waals surface area contributed by atoms with Gasteiger partial charge in [-0.25, -0.2) is 4.98 Å². The quantitative estimate of drug-likeness (QED) is 0.866. The number of hydrogen-bond donors (Lipinski definition) is 1. The first-order valence-electron chi connectivity index (χ1n) is 7.75. The first-order chi connectivity index (χ1) is 9.74. The fraction of sp³-hybridized carbons (Fsp3) is 0.688. The van der Waals surface area contributed by atoms with Gasteiger partial charge in [0.1, 0.15) is 5.82 Å². The molecule has 0 spiro atoms. The van der Waals surface area contributed by atoms with E-state index in [4.69, 9.17) is 9.72 Å². The van der Waals surface area contributed by atoms with Gasteiger partial charge in [-0.15, -0.1) is 0 Å². The van der Waals surface area contributed by atoms with Crippen molar-refractivity contribution in [1.82, 2.24) is 10.3 Å². The van der Waals surface area contributed by atoms with Crippen LogP contribution in [0.25, 0.3) is 0 Å². The maximum atomic E-state index is 5.45. The molecule has 4 heteroatoms. The third kappa shape index (κ3) is 3.93. The summed E-state index contributed by atoms with van der Waals surface area (Å²) in [6, 6.07) is 4.98. The van der Waals surface area contributed by atoms with E-state index in [1.54, 1.807) is 0 Å². The standard InChI is InChI=1S/C16H27N3O/c1-4-14-10-13(12-17-5-2)11-16(18-14)19(3)15-6-8-20-9-7-15/h10-11,15,17H,4-9,12H2,1-3H3. The lowest BCUT2D eigenvalue weighted by molar-refractivity contribution is 0.0853.